The fourth-order valence-corrected chi connectivity index (χ4v) is 1.78. The van der Waals surface area contributed by atoms with Crippen LogP contribution in [-0.2, 0) is 6.42 Å². The van der Waals surface area contributed by atoms with Crippen LogP contribution in [0.4, 0.5) is 0 Å². The Morgan fingerprint density at radius 3 is 2.75 bits per heavy atom. The van der Waals surface area contributed by atoms with Gasteiger partial charge in [-0.25, -0.2) is 0 Å². The number of nitrogens with two attached hydrogens (primary N) is 1. The molecule has 0 fully saturated rings. The number of fused-ring (bicyclic) bond motifs is 1. The smallest absolute Gasteiger partial charge is 0.140 e. The van der Waals surface area contributed by atoms with Gasteiger partial charge < -0.3 is 14.9 Å². The van der Waals surface area contributed by atoms with Gasteiger partial charge in [-0.1, -0.05) is 6.07 Å². The number of halogens is 1. The van der Waals surface area contributed by atoms with Crippen LogP contribution in [0.25, 0.3) is 11.0 Å². The minimum absolute atomic E-state index is 0. The van der Waals surface area contributed by atoms with Gasteiger partial charge in [-0.3, -0.25) is 0 Å². The number of hydrogen-bond donors (Lipinski definition) is 1. The van der Waals surface area contributed by atoms with Crippen LogP contribution in [0.2, 0.25) is 0 Å². The Morgan fingerprint density at radius 2 is 2.12 bits per heavy atom. The number of rotatable bonds is 3. The van der Waals surface area contributed by atoms with Crippen molar-refractivity contribution in [3.63, 3.8) is 0 Å². The topological polar surface area (TPSA) is 48.4 Å². The standard InChI is InChI=1S/C12H15NO2.ClH/c1-8(13)7-9-3-4-11(14-2)10-5-6-15-12(9)10;/h3-6,8H,7,13H2,1-2H3;1H. The molecule has 3 nitrogen and oxygen atoms in total. The number of furan rings is 1. The lowest BCUT2D eigenvalue weighted by molar-refractivity contribution is 0.419. The third kappa shape index (κ3) is 2.31. The van der Waals surface area contributed by atoms with E-state index in [9.17, 15) is 0 Å². The van der Waals surface area contributed by atoms with Gasteiger partial charge in [0.2, 0.25) is 0 Å². The number of methoxy groups -OCH3 is 1. The SMILES string of the molecule is COc1ccc(CC(C)N)c2occc12.Cl. The molecule has 1 aromatic heterocycles. The summed E-state index contributed by atoms with van der Waals surface area (Å²) in [5, 5.41) is 1.01. The van der Waals surface area contributed by atoms with E-state index in [1.165, 1.54) is 0 Å². The van der Waals surface area contributed by atoms with Gasteiger partial charge in [0.15, 0.2) is 0 Å². The molecule has 0 amide bonds. The Labute approximate surface area is 101 Å². The molecule has 0 radical (unpaired) electrons. The Bertz CT molecular complexity index is 465. The maximum Gasteiger partial charge on any atom is 0.140 e. The first kappa shape index (κ1) is 12.9. The molecule has 0 aliphatic heterocycles. The molecule has 1 atom stereocenters. The molecule has 16 heavy (non-hydrogen) atoms. The molecule has 0 saturated heterocycles. The van der Waals surface area contributed by atoms with Crippen molar-refractivity contribution in [2.24, 2.45) is 5.73 Å². The summed E-state index contributed by atoms with van der Waals surface area (Å²) in [6.07, 6.45) is 2.49. The van der Waals surface area contributed by atoms with E-state index >= 15 is 0 Å². The second-order valence-corrected chi connectivity index (χ2v) is 3.77. The fraction of sp³-hybridized carbons (Fsp3) is 0.333. The highest BCUT2D eigenvalue weighted by atomic mass is 35.5. The van der Waals surface area contributed by atoms with Crippen molar-refractivity contribution in [1.82, 2.24) is 0 Å². The van der Waals surface area contributed by atoms with Gasteiger partial charge in [-0.15, -0.1) is 12.4 Å². The van der Waals surface area contributed by atoms with E-state index in [1.54, 1.807) is 13.4 Å². The number of benzene rings is 1. The van der Waals surface area contributed by atoms with Crippen molar-refractivity contribution in [2.75, 3.05) is 7.11 Å². The maximum atomic E-state index is 5.78. The van der Waals surface area contributed by atoms with E-state index in [4.69, 9.17) is 14.9 Å². The highest BCUT2D eigenvalue weighted by Crippen LogP contribution is 2.29. The van der Waals surface area contributed by atoms with E-state index in [0.717, 1.165) is 28.7 Å². The first-order chi connectivity index (χ1) is 7.22. The zero-order valence-electron chi connectivity index (χ0n) is 9.40. The molecule has 1 unspecified atom stereocenters. The highest BCUT2D eigenvalue weighted by Gasteiger charge is 2.10. The summed E-state index contributed by atoms with van der Waals surface area (Å²) in [5.74, 6) is 0.840. The summed E-state index contributed by atoms with van der Waals surface area (Å²) >= 11 is 0. The van der Waals surface area contributed by atoms with Gasteiger partial charge in [0.25, 0.3) is 0 Å². The molecule has 1 heterocycles. The van der Waals surface area contributed by atoms with Gasteiger partial charge in [0.05, 0.1) is 18.8 Å². The van der Waals surface area contributed by atoms with Crippen LogP contribution in [-0.4, -0.2) is 13.2 Å². The van der Waals surface area contributed by atoms with Gasteiger partial charge in [-0.2, -0.15) is 0 Å². The Kier molecular flexibility index (Phi) is 4.21. The molecule has 2 rings (SSSR count). The predicted octanol–water partition coefficient (Wildman–Crippen LogP) is 2.75. The molecule has 0 aliphatic rings. The van der Waals surface area contributed by atoms with E-state index in [1.807, 2.05) is 25.1 Å². The molecule has 0 spiro atoms. The predicted molar refractivity (Wildman–Crippen MR) is 67.4 cm³/mol. The van der Waals surface area contributed by atoms with Crippen molar-refractivity contribution >= 4 is 23.4 Å². The molecule has 0 bridgehead atoms. The summed E-state index contributed by atoms with van der Waals surface area (Å²) in [5.41, 5.74) is 7.79. The van der Waals surface area contributed by atoms with Crippen molar-refractivity contribution in [1.29, 1.82) is 0 Å². The first-order valence-electron chi connectivity index (χ1n) is 5.01. The third-order valence-electron chi connectivity index (χ3n) is 2.42. The van der Waals surface area contributed by atoms with Crippen LogP contribution in [0.5, 0.6) is 5.75 Å². The normalized spacial score (nSPS) is 12.2. The molecule has 2 N–H and O–H groups in total. The lowest BCUT2D eigenvalue weighted by Crippen LogP contribution is -2.17. The second kappa shape index (κ2) is 5.23. The molecule has 0 aliphatic carbocycles. The number of ether oxygens (including phenoxy) is 1. The Hall–Kier alpha value is -1.19. The molecule has 88 valence electrons. The van der Waals surface area contributed by atoms with E-state index in [0.29, 0.717) is 0 Å². The van der Waals surface area contributed by atoms with Crippen LogP contribution >= 0.6 is 12.4 Å². The van der Waals surface area contributed by atoms with Gasteiger partial charge in [0.1, 0.15) is 11.3 Å². The highest BCUT2D eigenvalue weighted by molar-refractivity contribution is 5.86. The molecule has 2 aromatic rings. The minimum Gasteiger partial charge on any atom is -0.496 e. The fourth-order valence-electron chi connectivity index (χ4n) is 1.78. The van der Waals surface area contributed by atoms with Crippen molar-refractivity contribution < 1.29 is 9.15 Å². The minimum atomic E-state index is 0. The third-order valence-corrected chi connectivity index (χ3v) is 2.42. The molecular formula is C12H16ClNO2. The average molecular weight is 242 g/mol. The van der Waals surface area contributed by atoms with Crippen molar-refractivity contribution in [2.45, 2.75) is 19.4 Å². The average Bonchev–Trinajstić information content (AvgIpc) is 2.66. The van der Waals surface area contributed by atoms with Crippen LogP contribution in [0.15, 0.2) is 28.9 Å². The summed E-state index contributed by atoms with van der Waals surface area (Å²) in [7, 11) is 1.66. The van der Waals surface area contributed by atoms with E-state index < -0.39 is 0 Å². The van der Waals surface area contributed by atoms with Crippen molar-refractivity contribution in [3.05, 3.63) is 30.0 Å². The van der Waals surface area contributed by atoms with Crippen LogP contribution in [0, 0.1) is 0 Å². The zero-order valence-corrected chi connectivity index (χ0v) is 10.2. The first-order valence-corrected chi connectivity index (χ1v) is 5.01. The van der Waals surface area contributed by atoms with E-state index in [-0.39, 0.29) is 18.4 Å². The van der Waals surface area contributed by atoms with Crippen LogP contribution in [0.1, 0.15) is 12.5 Å². The zero-order chi connectivity index (χ0) is 10.8. The Balaban J connectivity index is 0.00000128. The van der Waals surface area contributed by atoms with Gasteiger partial charge >= 0.3 is 0 Å². The maximum absolute atomic E-state index is 5.78. The summed E-state index contributed by atoms with van der Waals surface area (Å²) < 4.78 is 10.7. The van der Waals surface area contributed by atoms with Crippen LogP contribution in [0.3, 0.4) is 0 Å². The van der Waals surface area contributed by atoms with Crippen molar-refractivity contribution in [3.8, 4) is 5.75 Å². The lowest BCUT2D eigenvalue weighted by atomic mass is 10.0. The van der Waals surface area contributed by atoms with Gasteiger partial charge in [-0.05, 0) is 31.0 Å². The monoisotopic (exact) mass is 241 g/mol. The largest absolute Gasteiger partial charge is 0.496 e. The molecule has 0 saturated carbocycles. The number of hydrogen-bond acceptors (Lipinski definition) is 3. The van der Waals surface area contributed by atoms with E-state index in [2.05, 4.69) is 0 Å². The summed E-state index contributed by atoms with van der Waals surface area (Å²) in [6.45, 7) is 1.99. The van der Waals surface area contributed by atoms with Crippen LogP contribution < -0.4 is 10.5 Å². The summed E-state index contributed by atoms with van der Waals surface area (Å²) in [4.78, 5) is 0. The Morgan fingerprint density at radius 1 is 1.38 bits per heavy atom. The quantitative estimate of drug-likeness (QED) is 0.899. The molecule has 4 heteroatoms. The van der Waals surface area contributed by atoms with Gasteiger partial charge in [0, 0.05) is 6.04 Å². The molecular weight excluding hydrogens is 226 g/mol. The lowest BCUT2D eigenvalue weighted by Gasteiger charge is -2.07. The second-order valence-electron chi connectivity index (χ2n) is 3.77. The molecule has 1 aromatic carbocycles. The summed E-state index contributed by atoms with van der Waals surface area (Å²) in [6, 6.07) is 6.01.